The molecule has 25 heavy (non-hydrogen) atoms. The fourth-order valence-corrected chi connectivity index (χ4v) is 3.20. The molecule has 3 rings (SSSR count). The van der Waals surface area contributed by atoms with E-state index in [9.17, 15) is 14.4 Å². The van der Waals surface area contributed by atoms with Gasteiger partial charge in [0.15, 0.2) is 6.10 Å². The van der Waals surface area contributed by atoms with E-state index in [1.807, 2.05) is 0 Å². The Kier molecular flexibility index (Phi) is 4.65. The number of likely N-dealkylation sites (tertiary alicyclic amines) is 1. The average molecular weight is 346 g/mol. The number of ether oxygens (including phenoxy) is 1. The van der Waals surface area contributed by atoms with Crippen LogP contribution in [0.25, 0.3) is 0 Å². The molecular weight excluding hydrogens is 324 g/mol. The summed E-state index contributed by atoms with van der Waals surface area (Å²) in [7, 11) is 0. The number of benzene rings is 1. The second-order valence-corrected chi connectivity index (χ2v) is 6.74. The van der Waals surface area contributed by atoms with Crippen LogP contribution in [0.4, 0.5) is 5.69 Å². The number of aromatic carboxylic acids is 1. The van der Waals surface area contributed by atoms with E-state index in [0.717, 1.165) is 12.8 Å². The predicted octanol–water partition coefficient (Wildman–Crippen LogP) is 1.76. The molecule has 0 aromatic heterocycles. The number of hydrogen-bond donors (Lipinski definition) is 1. The van der Waals surface area contributed by atoms with Gasteiger partial charge in [0.2, 0.25) is 5.91 Å². The first-order chi connectivity index (χ1) is 11.9. The molecule has 1 saturated heterocycles. The Labute approximate surface area is 146 Å². The minimum atomic E-state index is -1.07. The van der Waals surface area contributed by atoms with Crippen molar-refractivity contribution in [2.75, 3.05) is 24.5 Å². The van der Waals surface area contributed by atoms with Crippen molar-refractivity contribution in [1.29, 1.82) is 0 Å². The third-order valence-electron chi connectivity index (χ3n) is 4.84. The van der Waals surface area contributed by atoms with E-state index < -0.39 is 12.1 Å². The molecule has 2 amide bonds. The van der Waals surface area contributed by atoms with Crippen molar-refractivity contribution in [1.82, 2.24) is 4.90 Å². The van der Waals surface area contributed by atoms with Gasteiger partial charge in [-0.25, -0.2) is 4.79 Å². The summed E-state index contributed by atoms with van der Waals surface area (Å²) in [6.45, 7) is 5.13. The predicted molar refractivity (Wildman–Crippen MR) is 90.8 cm³/mol. The van der Waals surface area contributed by atoms with Crippen molar-refractivity contribution < 1.29 is 24.2 Å². The maximum absolute atomic E-state index is 12.6. The van der Waals surface area contributed by atoms with Crippen molar-refractivity contribution in [3.05, 3.63) is 23.8 Å². The van der Waals surface area contributed by atoms with Crippen molar-refractivity contribution in [2.45, 2.75) is 32.8 Å². The standard InChI is InChI=1S/C18H22N2O5/c1-11-5-7-19(8-6-11)16(21)10-20-14-4-3-13(18(23)24)9-15(14)25-12(2)17(20)22/h3-4,9,11-12H,5-8,10H2,1-2H3,(H,23,24). The number of carboxylic acid groups (broad SMARTS) is 1. The zero-order valence-electron chi connectivity index (χ0n) is 14.4. The van der Waals surface area contributed by atoms with E-state index in [-0.39, 0.29) is 23.9 Å². The number of fused-ring (bicyclic) bond motifs is 1. The van der Waals surface area contributed by atoms with Crippen LogP contribution in [0.15, 0.2) is 18.2 Å². The zero-order valence-corrected chi connectivity index (χ0v) is 14.4. The average Bonchev–Trinajstić information content (AvgIpc) is 2.58. The third kappa shape index (κ3) is 3.45. The summed E-state index contributed by atoms with van der Waals surface area (Å²) in [5, 5.41) is 9.11. The van der Waals surface area contributed by atoms with E-state index in [0.29, 0.717) is 30.4 Å². The normalized spacial score (nSPS) is 20.9. The van der Waals surface area contributed by atoms with Gasteiger partial charge in [-0.3, -0.25) is 14.5 Å². The Morgan fingerprint density at radius 2 is 1.92 bits per heavy atom. The number of anilines is 1. The van der Waals surface area contributed by atoms with Crippen molar-refractivity contribution in [2.24, 2.45) is 5.92 Å². The highest BCUT2D eigenvalue weighted by atomic mass is 16.5. The number of piperidine rings is 1. The fraction of sp³-hybridized carbons (Fsp3) is 0.500. The first-order valence-corrected chi connectivity index (χ1v) is 8.50. The molecule has 0 spiro atoms. The molecule has 0 saturated carbocycles. The lowest BCUT2D eigenvalue weighted by Gasteiger charge is -2.35. The van der Waals surface area contributed by atoms with Crippen molar-refractivity contribution in [3.63, 3.8) is 0 Å². The SMILES string of the molecule is CC1CCN(C(=O)CN2C(=O)C(C)Oc3cc(C(=O)O)ccc32)CC1. The number of nitrogens with zero attached hydrogens (tertiary/aromatic N) is 2. The summed E-state index contributed by atoms with van der Waals surface area (Å²) < 4.78 is 5.53. The number of hydrogen-bond acceptors (Lipinski definition) is 4. The van der Waals surface area contributed by atoms with Gasteiger partial charge in [-0.05, 0) is 43.9 Å². The molecule has 2 aliphatic heterocycles. The van der Waals surface area contributed by atoms with Gasteiger partial charge in [0.25, 0.3) is 5.91 Å². The van der Waals surface area contributed by atoms with E-state index in [1.54, 1.807) is 11.8 Å². The lowest BCUT2D eigenvalue weighted by atomic mass is 9.99. The van der Waals surface area contributed by atoms with Crippen LogP contribution in [0, 0.1) is 5.92 Å². The second-order valence-electron chi connectivity index (χ2n) is 6.74. The summed E-state index contributed by atoms with van der Waals surface area (Å²) in [5.74, 6) is -0.533. The summed E-state index contributed by atoms with van der Waals surface area (Å²) in [6.07, 6.45) is 1.18. The van der Waals surface area contributed by atoms with Crippen LogP contribution in [0.1, 0.15) is 37.0 Å². The van der Waals surface area contributed by atoms with E-state index in [2.05, 4.69) is 6.92 Å². The summed E-state index contributed by atoms with van der Waals surface area (Å²) in [4.78, 5) is 39.4. The molecule has 1 aromatic carbocycles. The quantitative estimate of drug-likeness (QED) is 0.901. The molecule has 7 heteroatoms. The molecule has 2 aliphatic rings. The van der Waals surface area contributed by atoms with Gasteiger partial charge < -0.3 is 14.7 Å². The molecule has 0 radical (unpaired) electrons. The molecule has 0 aliphatic carbocycles. The fourth-order valence-electron chi connectivity index (χ4n) is 3.20. The minimum Gasteiger partial charge on any atom is -0.479 e. The Bertz CT molecular complexity index is 709. The van der Waals surface area contributed by atoms with Crippen molar-refractivity contribution in [3.8, 4) is 5.75 Å². The van der Waals surface area contributed by atoms with Gasteiger partial charge in [0, 0.05) is 13.1 Å². The number of carbonyl (C=O) groups is 3. The molecule has 7 nitrogen and oxygen atoms in total. The van der Waals surface area contributed by atoms with Crippen LogP contribution in [-0.2, 0) is 9.59 Å². The highest BCUT2D eigenvalue weighted by Crippen LogP contribution is 2.35. The monoisotopic (exact) mass is 346 g/mol. The number of carbonyl (C=O) groups excluding carboxylic acids is 2. The molecule has 1 aromatic rings. The van der Waals surface area contributed by atoms with Crippen LogP contribution in [0.3, 0.4) is 0 Å². The lowest BCUT2D eigenvalue weighted by molar-refractivity contribution is -0.134. The minimum absolute atomic E-state index is 0.0552. The zero-order chi connectivity index (χ0) is 18.1. The van der Waals surface area contributed by atoms with Crippen LogP contribution in [0.5, 0.6) is 5.75 Å². The van der Waals surface area contributed by atoms with E-state index in [1.165, 1.54) is 23.1 Å². The highest BCUT2D eigenvalue weighted by Gasteiger charge is 2.34. The summed E-state index contributed by atoms with van der Waals surface area (Å²) >= 11 is 0. The van der Waals surface area contributed by atoms with Crippen LogP contribution in [-0.4, -0.2) is 53.5 Å². The van der Waals surface area contributed by atoms with Gasteiger partial charge in [0.1, 0.15) is 12.3 Å². The van der Waals surface area contributed by atoms with E-state index >= 15 is 0 Å². The second kappa shape index (κ2) is 6.74. The first kappa shape index (κ1) is 17.3. The van der Waals surface area contributed by atoms with Gasteiger partial charge in [-0.15, -0.1) is 0 Å². The molecule has 1 fully saturated rings. The third-order valence-corrected chi connectivity index (χ3v) is 4.84. The maximum atomic E-state index is 12.6. The van der Waals surface area contributed by atoms with Crippen LogP contribution >= 0.6 is 0 Å². The lowest BCUT2D eigenvalue weighted by Crippen LogP contribution is -2.50. The van der Waals surface area contributed by atoms with Gasteiger partial charge in [0.05, 0.1) is 11.3 Å². The molecule has 0 bridgehead atoms. The molecule has 1 atom stereocenters. The summed E-state index contributed by atoms with van der Waals surface area (Å²) in [5.41, 5.74) is 0.517. The largest absolute Gasteiger partial charge is 0.479 e. The Hall–Kier alpha value is -2.57. The van der Waals surface area contributed by atoms with Crippen molar-refractivity contribution >= 4 is 23.5 Å². The molecular formula is C18H22N2O5. The van der Waals surface area contributed by atoms with Gasteiger partial charge in [-0.1, -0.05) is 6.92 Å². The molecule has 1 N–H and O–H groups in total. The van der Waals surface area contributed by atoms with Crippen LogP contribution in [0.2, 0.25) is 0 Å². The maximum Gasteiger partial charge on any atom is 0.335 e. The van der Waals surface area contributed by atoms with Gasteiger partial charge >= 0.3 is 5.97 Å². The number of carboxylic acids is 1. The number of amides is 2. The Balaban J connectivity index is 1.82. The summed E-state index contributed by atoms with van der Waals surface area (Å²) in [6, 6.07) is 4.32. The first-order valence-electron chi connectivity index (χ1n) is 8.50. The highest BCUT2D eigenvalue weighted by molar-refractivity contribution is 6.04. The Morgan fingerprint density at radius 3 is 2.56 bits per heavy atom. The van der Waals surface area contributed by atoms with Gasteiger partial charge in [-0.2, -0.15) is 0 Å². The Morgan fingerprint density at radius 1 is 1.24 bits per heavy atom. The van der Waals surface area contributed by atoms with E-state index in [4.69, 9.17) is 9.84 Å². The smallest absolute Gasteiger partial charge is 0.335 e. The van der Waals surface area contributed by atoms with Crippen LogP contribution < -0.4 is 9.64 Å². The topological polar surface area (TPSA) is 87.2 Å². The number of rotatable bonds is 3. The molecule has 1 unspecified atom stereocenters. The molecule has 2 heterocycles. The molecule has 134 valence electrons.